The molecule has 0 aromatic heterocycles. The van der Waals surface area contributed by atoms with Crippen LogP contribution in [0.25, 0.3) is 0 Å². The zero-order valence-corrected chi connectivity index (χ0v) is 14.9. The van der Waals surface area contributed by atoms with Crippen molar-refractivity contribution in [2.24, 2.45) is 0 Å². The van der Waals surface area contributed by atoms with Crippen LogP contribution in [-0.2, 0) is 21.7 Å². The molecule has 0 radical (unpaired) electrons. The number of rotatable bonds is 3. The fourth-order valence-electron chi connectivity index (χ4n) is 3.66. The molecular weight excluding hydrogens is 371 g/mol. The fourth-order valence-corrected chi connectivity index (χ4v) is 3.66. The van der Waals surface area contributed by atoms with Crippen LogP contribution < -0.4 is 4.74 Å². The molecule has 1 saturated heterocycles. The van der Waals surface area contributed by atoms with Gasteiger partial charge in [-0.3, -0.25) is 0 Å². The third-order valence-electron chi connectivity index (χ3n) is 5.18. The molecular formula is C20H21FO7. The molecule has 4 rings (SSSR count). The van der Waals surface area contributed by atoms with Crippen molar-refractivity contribution in [2.45, 2.75) is 36.6 Å². The lowest BCUT2D eigenvalue weighted by molar-refractivity contribution is -0.389. The summed E-state index contributed by atoms with van der Waals surface area (Å²) in [5.41, 5.74) is 2.04. The van der Waals surface area contributed by atoms with Crippen LogP contribution in [0, 0.1) is 5.82 Å². The number of aliphatic hydroxyl groups excluding tert-OH is 4. The first-order chi connectivity index (χ1) is 13.4. The molecule has 0 bridgehead atoms. The van der Waals surface area contributed by atoms with E-state index in [1.54, 1.807) is 24.3 Å². The van der Waals surface area contributed by atoms with Gasteiger partial charge in [0, 0.05) is 0 Å². The minimum Gasteiger partial charge on any atom is -0.467 e. The first-order valence-corrected chi connectivity index (χ1v) is 8.92. The molecule has 0 aliphatic carbocycles. The molecule has 28 heavy (non-hydrogen) atoms. The molecule has 2 aromatic rings. The van der Waals surface area contributed by atoms with E-state index in [-0.39, 0.29) is 12.6 Å². The molecule has 2 aliphatic rings. The van der Waals surface area contributed by atoms with Gasteiger partial charge in [0.2, 0.25) is 5.79 Å². The lowest BCUT2D eigenvalue weighted by Crippen LogP contribution is -2.65. The minimum atomic E-state index is -1.79. The maximum absolute atomic E-state index is 13.1. The lowest BCUT2D eigenvalue weighted by atomic mass is 9.86. The van der Waals surface area contributed by atoms with Crippen LogP contribution in [0.1, 0.15) is 16.7 Å². The third-order valence-corrected chi connectivity index (χ3v) is 5.18. The van der Waals surface area contributed by atoms with Gasteiger partial charge < -0.3 is 34.6 Å². The highest BCUT2D eigenvalue weighted by Gasteiger charge is 2.57. The summed E-state index contributed by atoms with van der Waals surface area (Å²) in [6, 6.07) is 11.3. The first-order valence-electron chi connectivity index (χ1n) is 8.92. The van der Waals surface area contributed by atoms with Gasteiger partial charge in [-0.15, -0.1) is 0 Å². The van der Waals surface area contributed by atoms with Crippen LogP contribution in [0.2, 0.25) is 0 Å². The fraction of sp³-hybridized carbons (Fsp3) is 0.400. The summed E-state index contributed by atoms with van der Waals surface area (Å²) in [4.78, 5) is 0. The van der Waals surface area contributed by atoms with Crippen molar-refractivity contribution in [2.75, 3.05) is 13.4 Å². The predicted octanol–water partition coefficient (Wildman–Crippen LogP) is 0.410. The molecule has 150 valence electrons. The zero-order chi connectivity index (χ0) is 19.9. The Morgan fingerprint density at radius 1 is 1.00 bits per heavy atom. The molecule has 7 nitrogen and oxygen atoms in total. The largest absolute Gasteiger partial charge is 0.467 e. The van der Waals surface area contributed by atoms with Crippen molar-refractivity contribution < 1.29 is 39.0 Å². The molecule has 2 heterocycles. The molecule has 4 N–H and O–H groups in total. The lowest BCUT2D eigenvalue weighted by Gasteiger charge is -2.49. The van der Waals surface area contributed by atoms with Gasteiger partial charge in [0.25, 0.3) is 0 Å². The van der Waals surface area contributed by atoms with E-state index in [1.807, 2.05) is 6.07 Å². The number of halogens is 1. The van der Waals surface area contributed by atoms with Gasteiger partial charge in [0.1, 0.15) is 36.0 Å². The Labute approximate surface area is 160 Å². The molecule has 2 aromatic carbocycles. The van der Waals surface area contributed by atoms with Crippen molar-refractivity contribution >= 4 is 0 Å². The van der Waals surface area contributed by atoms with Crippen molar-refractivity contribution in [1.29, 1.82) is 0 Å². The normalized spacial score (nSPS) is 32.0. The summed E-state index contributed by atoms with van der Waals surface area (Å²) in [5.74, 6) is -1.72. The van der Waals surface area contributed by atoms with Crippen molar-refractivity contribution in [3.63, 3.8) is 0 Å². The van der Waals surface area contributed by atoms with Gasteiger partial charge >= 0.3 is 0 Å². The van der Waals surface area contributed by atoms with Crippen LogP contribution in [-0.4, -0.2) is 58.2 Å². The summed E-state index contributed by atoms with van der Waals surface area (Å²) < 4.78 is 29.9. The number of ether oxygens (including phenoxy) is 3. The summed E-state index contributed by atoms with van der Waals surface area (Å²) in [5, 5.41) is 40.5. The van der Waals surface area contributed by atoms with Crippen molar-refractivity contribution in [1.82, 2.24) is 0 Å². The number of benzene rings is 2. The highest BCUT2D eigenvalue weighted by Crippen LogP contribution is 2.46. The standard InChI is InChI=1S/C20H21FO7/c21-13-4-1-11(2-5-13)7-12-3-6-15-14(8-12)20(27-10-26-15)19(25)18(24)17(23)16(9-22)28-20/h1-6,8,16-19,22-25H,7,9-10H2/t16-,17-,18+,19-,20+/m1/s1. The van der Waals surface area contributed by atoms with E-state index in [4.69, 9.17) is 14.2 Å². The molecule has 5 atom stereocenters. The smallest absolute Gasteiger partial charge is 0.231 e. The van der Waals surface area contributed by atoms with Gasteiger partial charge in [0.15, 0.2) is 6.79 Å². The van der Waals surface area contributed by atoms with Crippen LogP contribution in [0.3, 0.4) is 0 Å². The second-order valence-corrected chi connectivity index (χ2v) is 6.97. The summed E-state index contributed by atoms with van der Waals surface area (Å²) in [6.07, 6.45) is -5.33. The molecule has 2 aliphatic heterocycles. The topological polar surface area (TPSA) is 109 Å². The van der Waals surface area contributed by atoms with E-state index in [9.17, 15) is 24.8 Å². The number of aliphatic hydroxyl groups is 4. The van der Waals surface area contributed by atoms with Crippen LogP contribution >= 0.6 is 0 Å². The van der Waals surface area contributed by atoms with Gasteiger partial charge in [-0.05, 0) is 41.8 Å². The Balaban J connectivity index is 1.72. The summed E-state index contributed by atoms with van der Waals surface area (Å²) >= 11 is 0. The van der Waals surface area contributed by atoms with E-state index < -0.39 is 36.8 Å². The zero-order valence-electron chi connectivity index (χ0n) is 14.9. The van der Waals surface area contributed by atoms with E-state index in [0.717, 1.165) is 11.1 Å². The Morgan fingerprint density at radius 3 is 2.43 bits per heavy atom. The Morgan fingerprint density at radius 2 is 1.71 bits per heavy atom. The van der Waals surface area contributed by atoms with E-state index in [0.29, 0.717) is 17.7 Å². The van der Waals surface area contributed by atoms with Gasteiger partial charge in [-0.1, -0.05) is 18.2 Å². The predicted molar refractivity (Wildman–Crippen MR) is 93.9 cm³/mol. The number of hydrogen-bond donors (Lipinski definition) is 4. The van der Waals surface area contributed by atoms with Crippen molar-refractivity contribution in [3.05, 3.63) is 65.0 Å². The SMILES string of the molecule is OC[C@H]1O[C@]2(OCOc3ccc(Cc4ccc(F)cc4)cc32)[C@H](O)[C@@H](O)[C@@H]1O. The highest BCUT2D eigenvalue weighted by atomic mass is 19.1. The summed E-state index contributed by atoms with van der Waals surface area (Å²) in [7, 11) is 0. The second kappa shape index (κ2) is 7.40. The molecule has 0 amide bonds. The van der Waals surface area contributed by atoms with Crippen LogP contribution in [0.4, 0.5) is 4.39 Å². The maximum Gasteiger partial charge on any atom is 0.231 e. The molecule has 8 heteroatoms. The van der Waals surface area contributed by atoms with Crippen molar-refractivity contribution in [3.8, 4) is 5.75 Å². The van der Waals surface area contributed by atoms with E-state index >= 15 is 0 Å². The molecule has 1 fully saturated rings. The Bertz CT molecular complexity index is 841. The number of fused-ring (bicyclic) bond motifs is 2. The second-order valence-electron chi connectivity index (χ2n) is 6.97. The highest BCUT2D eigenvalue weighted by molar-refractivity contribution is 5.44. The molecule has 1 spiro atoms. The monoisotopic (exact) mass is 392 g/mol. The maximum atomic E-state index is 13.1. The molecule has 0 saturated carbocycles. The third kappa shape index (κ3) is 3.18. The quantitative estimate of drug-likeness (QED) is 0.599. The van der Waals surface area contributed by atoms with Crippen LogP contribution in [0.5, 0.6) is 5.75 Å². The van der Waals surface area contributed by atoms with E-state index in [2.05, 4.69) is 0 Å². The average molecular weight is 392 g/mol. The van der Waals surface area contributed by atoms with E-state index in [1.165, 1.54) is 12.1 Å². The Kier molecular flexibility index (Phi) is 5.09. The van der Waals surface area contributed by atoms with Gasteiger partial charge in [-0.2, -0.15) is 0 Å². The number of hydrogen-bond acceptors (Lipinski definition) is 7. The average Bonchev–Trinajstić information content (AvgIpc) is 2.71. The van der Waals surface area contributed by atoms with Gasteiger partial charge in [0.05, 0.1) is 12.2 Å². The Hall–Kier alpha value is -2.07. The first kappa shape index (κ1) is 19.3. The van der Waals surface area contributed by atoms with Gasteiger partial charge in [-0.25, -0.2) is 4.39 Å². The minimum absolute atomic E-state index is 0.234. The summed E-state index contributed by atoms with van der Waals surface area (Å²) in [6.45, 7) is -0.802. The van der Waals surface area contributed by atoms with Crippen LogP contribution in [0.15, 0.2) is 42.5 Å². The molecule has 0 unspecified atom stereocenters.